The molecule has 4 heteroatoms. The van der Waals surface area contributed by atoms with Crippen LogP contribution in [0.2, 0.25) is 0 Å². The molecule has 0 atom stereocenters. The molecule has 0 spiro atoms. The van der Waals surface area contributed by atoms with Gasteiger partial charge in [0.25, 0.3) is 0 Å². The summed E-state index contributed by atoms with van der Waals surface area (Å²) in [5.41, 5.74) is 1.58. The van der Waals surface area contributed by atoms with Gasteiger partial charge in [-0.25, -0.2) is 0 Å². The van der Waals surface area contributed by atoms with E-state index in [0.717, 1.165) is 11.3 Å². The van der Waals surface area contributed by atoms with E-state index in [-0.39, 0.29) is 5.75 Å². The molecule has 2 rings (SSSR count). The smallest absolute Gasteiger partial charge is 0.161 e. The minimum absolute atomic E-state index is 0.108. The Morgan fingerprint density at radius 2 is 1.74 bits per heavy atom. The molecule has 0 saturated heterocycles. The molecular weight excluding hydrogens is 242 g/mol. The minimum Gasteiger partial charge on any atom is -0.504 e. The summed E-state index contributed by atoms with van der Waals surface area (Å²) in [6, 6.07) is 12.6. The van der Waals surface area contributed by atoms with Gasteiger partial charge in [0.1, 0.15) is 11.4 Å². The number of phenols is 1. The minimum atomic E-state index is 0.108. The first kappa shape index (κ1) is 13.0. The summed E-state index contributed by atoms with van der Waals surface area (Å²) in [5, 5.41) is 9.51. The Labute approximate surface area is 111 Å². The Morgan fingerprint density at radius 3 is 2.47 bits per heavy atom. The lowest BCUT2D eigenvalue weighted by atomic mass is 10.2. The Morgan fingerprint density at radius 1 is 1.00 bits per heavy atom. The maximum absolute atomic E-state index is 9.51. The number of hydrogen-bond donors (Lipinski definition) is 1. The molecule has 0 heterocycles. The Balaban J connectivity index is 2.27. The normalized spacial score (nSPS) is 10.6. The van der Waals surface area contributed by atoms with Crippen molar-refractivity contribution in [3.63, 3.8) is 0 Å². The van der Waals surface area contributed by atoms with E-state index in [1.165, 1.54) is 7.11 Å². The first-order valence-corrected chi connectivity index (χ1v) is 5.78. The van der Waals surface area contributed by atoms with Crippen molar-refractivity contribution in [1.29, 1.82) is 0 Å². The summed E-state index contributed by atoms with van der Waals surface area (Å²) >= 11 is 0. The number of para-hydroxylation sites is 2. The lowest BCUT2D eigenvalue weighted by molar-refractivity contribution is 0.373. The summed E-state index contributed by atoms with van der Waals surface area (Å²) in [6.07, 6.45) is 1.69. The van der Waals surface area contributed by atoms with Crippen LogP contribution in [0.3, 0.4) is 0 Å². The quantitative estimate of drug-likeness (QED) is 0.856. The van der Waals surface area contributed by atoms with Crippen molar-refractivity contribution in [2.75, 3.05) is 14.2 Å². The summed E-state index contributed by atoms with van der Waals surface area (Å²) in [6.45, 7) is 0. The molecule has 0 aliphatic heterocycles. The van der Waals surface area contributed by atoms with Crippen molar-refractivity contribution < 1.29 is 14.6 Å². The monoisotopic (exact) mass is 257 g/mol. The fourth-order valence-corrected chi connectivity index (χ4v) is 1.66. The third kappa shape index (κ3) is 3.04. The maximum atomic E-state index is 9.51. The highest BCUT2D eigenvalue weighted by atomic mass is 16.5. The molecule has 0 aliphatic carbocycles. The van der Waals surface area contributed by atoms with Crippen molar-refractivity contribution in [3.05, 3.63) is 48.0 Å². The molecule has 0 radical (unpaired) electrons. The van der Waals surface area contributed by atoms with Gasteiger partial charge in [0.15, 0.2) is 11.5 Å². The van der Waals surface area contributed by atoms with Crippen molar-refractivity contribution in [2.24, 2.45) is 4.99 Å². The van der Waals surface area contributed by atoms with E-state index < -0.39 is 0 Å². The second-order valence-electron chi connectivity index (χ2n) is 3.86. The van der Waals surface area contributed by atoms with Gasteiger partial charge in [-0.1, -0.05) is 12.1 Å². The van der Waals surface area contributed by atoms with Gasteiger partial charge in [0, 0.05) is 6.21 Å². The first-order valence-electron chi connectivity index (χ1n) is 5.78. The average molecular weight is 257 g/mol. The molecule has 0 amide bonds. The van der Waals surface area contributed by atoms with E-state index in [4.69, 9.17) is 9.47 Å². The maximum Gasteiger partial charge on any atom is 0.161 e. The number of hydrogen-bond acceptors (Lipinski definition) is 4. The van der Waals surface area contributed by atoms with Gasteiger partial charge >= 0.3 is 0 Å². The van der Waals surface area contributed by atoms with Crippen molar-refractivity contribution in [3.8, 4) is 17.2 Å². The standard InChI is InChI=1S/C15H15NO3/c1-18-14-6-4-3-5-12(14)16-10-11-7-8-13(17)15(9-11)19-2/h3-10,17H,1-2H3. The van der Waals surface area contributed by atoms with Crippen LogP contribution in [0.4, 0.5) is 5.69 Å². The van der Waals surface area contributed by atoms with Gasteiger partial charge in [-0.3, -0.25) is 4.99 Å². The summed E-state index contributed by atoms with van der Waals surface area (Å²) in [7, 11) is 3.12. The first-order chi connectivity index (χ1) is 9.24. The van der Waals surface area contributed by atoms with E-state index in [1.54, 1.807) is 31.5 Å². The zero-order valence-corrected chi connectivity index (χ0v) is 10.8. The lowest BCUT2D eigenvalue weighted by Crippen LogP contribution is -1.87. The molecule has 0 unspecified atom stereocenters. The molecular formula is C15H15NO3. The Bertz CT molecular complexity index is 594. The van der Waals surface area contributed by atoms with Gasteiger partial charge in [0.2, 0.25) is 0 Å². The van der Waals surface area contributed by atoms with E-state index in [1.807, 2.05) is 24.3 Å². The predicted octanol–water partition coefficient (Wildman–Crippen LogP) is 3.16. The van der Waals surface area contributed by atoms with Gasteiger partial charge in [0.05, 0.1) is 14.2 Å². The highest BCUT2D eigenvalue weighted by molar-refractivity contribution is 5.83. The topological polar surface area (TPSA) is 51.0 Å². The van der Waals surface area contributed by atoms with Crippen molar-refractivity contribution in [1.82, 2.24) is 0 Å². The number of benzene rings is 2. The summed E-state index contributed by atoms with van der Waals surface area (Å²) in [5.74, 6) is 1.24. The average Bonchev–Trinajstić information content (AvgIpc) is 2.46. The number of aliphatic imine (C=N–C) groups is 1. The van der Waals surface area contributed by atoms with E-state index in [0.29, 0.717) is 11.5 Å². The van der Waals surface area contributed by atoms with Crippen LogP contribution in [-0.4, -0.2) is 25.5 Å². The molecule has 0 fully saturated rings. The van der Waals surface area contributed by atoms with Crippen LogP contribution in [0.5, 0.6) is 17.2 Å². The SMILES string of the molecule is COc1cc(C=Nc2ccccc2OC)ccc1O. The van der Waals surface area contributed by atoms with Gasteiger partial charge < -0.3 is 14.6 Å². The zero-order chi connectivity index (χ0) is 13.7. The fourth-order valence-electron chi connectivity index (χ4n) is 1.66. The zero-order valence-electron chi connectivity index (χ0n) is 10.8. The third-order valence-corrected chi connectivity index (χ3v) is 2.64. The number of rotatable bonds is 4. The van der Waals surface area contributed by atoms with Crippen LogP contribution in [0.15, 0.2) is 47.5 Å². The van der Waals surface area contributed by atoms with Gasteiger partial charge in [-0.2, -0.15) is 0 Å². The fraction of sp³-hybridized carbons (Fsp3) is 0.133. The van der Waals surface area contributed by atoms with Gasteiger partial charge in [-0.15, -0.1) is 0 Å². The number of methoxy groups -OCH3 is 2. The van der Waals surface area contributed by atoms with E-state index >= 15 is 0 Å². The van der Waals surface area contributed by atoms with Crippen LogP contribution in [0.25, 0.3) is 0 Å². The number of phenolic OH excluding ortho intramolecular Hbond substituents is 1. The summed E-state index contributed by atoms with van der Waals surface area (Å²) in [4.78, 5) is 4.37. The van der Waals surface area contributed by atoms with Gasteiger partial charge in [-0.05, 0) is 35.9 Å². The van der Waals surface area contributed by atoms with Crippen molar-refractivity contribution in [2.45, 2.75) is 0 Å². The summed E-state index contributed by atoms with van der Waals surface area (Å²) < 4.78 is 10.3. The van der Waals surface area contributed by atoms with E-state index in [9.17, 15) is 5.11 Å². The third-order valence-electron chi connectivity index (χ3n) is 2.64. The largest absolute Gasteiger partial charge is 0.504 e. The predicted molar refractivity (Wildman–Crippen MR) is 74.9 cm³/mol. The molecule has 4 nitrogen and oxygen atoms in total. The molecule has 98 valence electrons. The Hall–Kier alpha value is -2.49. The molecule has 2 aromatic rings. The molecule has 0 bridgehead atoms. The van der Waals surface area contributed by atoms with Crippen LogP contribution in [0, 0.1) is 0 Å². The van der Waals surface area contributed by atoms with Crippen LogP contribution < -0.4 is 9.47 Å². The highest BCUT2D eigenvalue weighted by Gasteiger charge is 2.02. The number of nitrogens with zero attached hydrogens (tertiary/aromatic N) is 1. The number of aromatic hydroxyl groups is 1. The van der Waals surface area contributed by atoms with Crippen LogP contribution in [-0.2, 0) is 0 Å². The highest BCUT2D eigenvalue weighted by Crippen LogP contribution is 2.28. The van der Waals surface area contributed by atoms with E-state index in [2.05, 4.69) is 4.99 Å². The molecule has 19 heavy (non-hydrogen) atoms. The molecule has 0 aromatic heterocycles. The molecule has 0 aliphatic rings. The molecule has 0 saturated carbocycles. The van der Waals surface area contributed by atoms with Crippen LogP contribution in [0.1, 0.15) is 5.56 Å². The molecule has 1 N–H and O–H groups in total. The second kappa shape index (κ2) is 5.91. The Kier molecular flexibility index (Phi) is 4.03. The lowest BCUT2D eigenvalue weighted by Gasteiger charge is -2.04. The molecule has 2 aromatic carbocycles. The second-order valence-corrected chi connectivity index (χ2v) is 3.86. The number of ether oxygens (including phenoxy) is 2. The van der Waals surface area contributed by atoms with Crippen LogP contribution >= 0.6 is 0 Å². The van der Waals surface area contributed by atoms with Crippen molar-refractivity contribution >= 4 is 11.9 Å².